The Hall–Kier alpha value is -1.72. The van der Waals surface area contributed by atoms with Crippen LogP contribution in [-0.4, -0.2) is 24.0 Å². The zero-order valence-electron chi connectivity index (χ0n) is 12.1. The minimum atomic E-state index is -0.324. The number of nitrogens with one attached hydrogen (secondary N) is 2. The van der Waals surface area contributed by atoms with Gasteiger partial charge in [-0.3, -0.25) is 4.79 Å². The summed E-state index contributed by atoms with van der Waals surface area (Å²) in [7, 11) is 0. The van der Waals surface area contributed by atoms with E-state index < -0.39 is 0 Å². The highest BCUT2D eigenvalue weighted by Gasteiger charge is 2.34. The quantitative estimate of drug-likeness (QED) is 0.915. The van der Waals surface area contributed by atoms with E-state index in [1.165, 1.54) is 0 Å². The Bertz CT molecular complexity index is 618. The van der Waals surface area contributed by atoms with Gasteiger partial charge in [0.2, 0.25) is 5.91 Å². The third-order valence-corrected chi connectivity index (χ3v) is 4.77. The van der Waals surface area contributed by atoms with E-state index in [1.54, 1.807) is 17.5 Å². The number of nitrogens with zero attached hydrogens (tertiary/aromatic N) is 1. The van der Waals surface area contributed by atoms with Gasteiger partial charge in [-0.15, -0.1) is 11.3 Å². The number of thiazole rings is 1. The van der Waals surface area contributed by atoms with Crippen LogP contribution in [-0.2, 0) is 4.79 Å². The lowest BCUT2D eigenvalue weighted by Gasteiger charge is -2.32. The molecule has 2 N–H and O–H groups in total. The van der Waals surface area contributed by atoms with E-state index in [1.807, 2.05) is 36.6 Å². The van der Waals surface area contributed by atoms with Crippen molar-refractivity contribution in [1.29, 1.82) is 0 Å². The third kappa shape index (κ3) is 3.14. The average Bonchev–Trinajstić information content (AvgIpc) is 3.02. The monoisotopic (exact) mass is 301 g/mol. The zero-order valence-corrected chi connectivity index (χ0v) is 12.9. The summed E-state index contributed by atoms with van der Waals surface area (Å²) in [5.41, 5.74) is 1.55. The molecule has 110 valence electrons. The molecule has 2 aromatic rings. The lowest BCUT2D eigenvalue weighted by atomic mass is 9.82. The molecular formula is C16H19N3OS. The highest BCUT2D eigenvalue weighted by Crippen LogP contribution is 2.29. The average molecular weight is 301 g/mol. The van der Waals surface area contributed by atoms with Crippen molar-refractivity contribution in [2.45, 2.75) is 19.8 Å². The number of benzene rings is 1. The van der Waals surface area contributed by atoms with Gasteiger partial charge in [-0.1, -0.05) is 12.1 Å². The Kier molecular flexibility index (Phi) is 4.03. The van der Waals surface area contributed by atoms with Crippen LogP contribution < -0.4 is 10.6 Å². The van der Waals surface area contributed by atoms with E-state index in [0.29, 0.717) is 0 Å². The molecule has 3 rings (SSSR count). The minimum Gasteiger partial charge on any atom is -0.326 e. The maximum absolute atomic E-state index is 12.5. The molecule has 1 saturated heterocycles. The van der Waals surface area contributed by atoms with Crippen molar-refractivity contribution >= 4 is 22.9 Å². The van der Waals surface area contributed by atoms with Crippen LogP contribution in [0.5, 0.6) is 0 Å². The second-order valence-corrected chi connectivity index (χ2v) is 6.61. The van der Waals surface area contributed by atoms with Crippen LogP contribution in [0.25, 0.3) is 10.6 Å². The van der Waals surface area contributed by atoms with Crippen LogP contribution in [0.2, 0.25) is 0 Å². The first-order valence-electron chi connectivity index (χ1n) is 7.19. The first kappa shape index (κ1) is 14.2. The Morgan fingerprint density at radius 2 is 2.38 bits per heavy atom. The van der Waals surface area contributed by atoms with Gasteiger partial charge in [-0.2, -0.15) is 0 Å². The van der Waals surface area contributed by atoms with Crippen LogP contribution in [0.15, 0.2) is 35.8 Å². The van der Waals surface area contributed by atoms with Gasteiger partial charge in [0.25, 0.3) is 0 Å². The molecule has 0 spiro atoms. The molecule has 0 bridgehead atoms. The lowest BCUT2D eigenvalue weighted by Crippen LogP contribution is -2.46. The maximum Gasteiger partial charge on any atom is 0.231 e. The van der Waals surface area contributed by atoms with E-state index in [2.05, 4.69) is 15.6 Å². The van der Waals surface area contributed by atoms with Gasteiger partial charge in [-0.25, -0.2) is 4.98 Å². The maximum atomic E-state index is 12.5. The topological polar surface area (TPSA) is 54.0 Å². The van der Waals surface area contributed by atoms with Gasteiger partial charge in [0.1, 0.15) is 5.01 Å². The van der Waals surface area contributed by atoms with Crippen molar-refractivity contribution < 1.29 is 4.79 Å². The van der Waals surface area contributed by atoms with Crippen LogP contribution in [0.1, 0.15) is 19.8 Å². The molecule has 21 heavy (non-hydrogen) atoms. The standard InChI is InChI=1S/C16H19N3OS/c1-16(6-3-7-17-11-16)15(20)19-13-5-2-4-12(10-13)14-18-8-9-21-14/h2,4-5,8-10,17H,3,6-7,11H2,1H3,(H,19,20). The summed E-state index contributed by atoms with van der Waals surface area (Å²) in [6, 6.07) is 7.87. The van der Waals surface area contributed by atoms with E-state index >= 15 is 0 Å². The summed E-state index contributed by atoms with van der Waals surface area (Å²) in [4.78, 5) is 16.8. The number of carbonyl (C=O) groups is 1. The first-order chi connectivity index (χ1) is 10.2. The fourth-order valence-corrected chi connectivity index (χ4v) is 3.26. The highest BCUT2D eigenvalue weighted by atomic mass is 32.1. The summed E-state index contributed by atoms with van der Waals surface area (Å²) < 4.78 is 0. The second-order valence-electron chi connectivity index (χ2n) is 5.71. The van der Waals surface area contributed by atoms with Crippen LogP contribution in [0, 0.1) is 5.41 Å². The summed E-state index contributed by atoms with van der Waals surface area (Å²) in [5.74, 6) is 0.0889. The Morgan fingerprint density at radius 3 is 3.10 bits per heavy atom. The van der Waals surface area contributed by atoms with Crippen molar-refractivity contribution in [2.75, 3.05) is 18.4 Å². The Labute approximate surface area is 128 Å². The zero-order chi connectivity index (χ0) is 14.7. The fraction of sp³-hybridized carbons (Fsp3) is 0.375. The van der Waals surface area contributed by atoms with Crippen molar-refractivity contribution in [3.63, 3.8) is 0 Å². The number of amides is 1. The molecule has 1 aromatic heterocycles. The number of rotatable bonds is 3. The molecule has 1 atom stereocenters. The van der Waals surface area contributed by atoms with Gasteiger partial charge in [0.15, 0.2) is 0 Å². The number of anilines is 1. The lowest BCUT2D eigenvalue weighted by molar-refractivity contribution is -0.125. The number of carbonyl (C=O) groups excluding carboxylic acids is 1. The van der Waals surface area contributed by atoms with Gasteiger partial charge >= 0.3 is 0 Å². The first-order valence-corrected chi connectivity index (χ1v) is 8.07. The van der Waals surface area contributed by atoms with Crippen molar-refractivity contribution in [1.82, 2.24) is 10.3 Å². The van der Waals surface area contributed by atoms with E-state index in [9.17, 15) is 4.79 Å². The molecule has 5 heteroatoms. The van der Waals surface area contributed by atoms with Gasteiger partial charge in [-0.05, 0) is 38.4 Å². The van der Waals surface area contributed by atoms with Gasteiger partial charge in [0.05, 0.1) is 5.41 Å². The number of piperidine rings is 1. The minimum absolute atomic E-state index is 0.0889. The van der Waals surface area contributed by atoms with Gasteiger partial charge < -0.3 is 10.6 Å². The molecule has 2 heterocycles. The van der Waals surface area contributed by atoms with E-state index in [0.717, 1.165) is 42.2 Å². The molecule has 1 fully saturated rings. The molecule has 4 nitrogen and oxygen atoms in total. The van der Waals surface area contributed by atoms with Crippen LogP contribution in [0.3, 0.4) is 0 Å². The number of hydrogen-bond acceptors (Lipinski definition) is 4. The summed E-state index contributed by atoms with van der Waals surface area (Å²) >= 11 is 1.60. The molecule has 1 unspecified atom stereocenters. The molecule has 1 amide bonds. The second kappa shape index (κ2) is 5.95. The third-order valence-electron chi connectivity index (χ3n) is 3.95. The molecule has 0 aliphatic carbocycles. The molecule has 1 aliphatic heterocycles. The molecule has 1 aliphatic rings. The van der Waals surface area contributed by atoms with Crippen molar-refractivity contribution in [3.05, 3.63) is 35.8 Å². The fourth-order valence-electron chi connectivity index (χ4n) is 2.63. The van der Waals surface area contributed by atoms with E-state index in [4.69, 9.17) is 0 Å². The Morgan fingerprint density at radius 1 is 1.48 bits per heavy atom. The van der Waals surface area contributed by atoms with Crippen LogP contribution in [0.4, 0.5) is 5.69 Å². The Balaban J connectivity index is 1.76. The molecule has 1 aromatic carbocycles. The van der Waals surface area contributed by atoms with Crippen LogP contribution >= 0.6 is 11.3 Å². The highest BCUT2D eigenvalue weighted by molar-refractivity contribution is 7.13. The smallest absolute Gasteiger partial charge is 0.231 e. The predicted molar refractivity (Wildman–Crippen MR) is 86.4 cm³/mol. The van der Waals surface area contributed by atoms with Crippen molar-refractivity contribution in [3.8, 4) is 10.6 Å². The van der Waals surface area contributed by atoms with Gasteiger partial charge in [0, 0.05) is 29.4 Å². The summed E-state index contributed by atoms with van der Waals surface area (Å²) in [6.45, 7) is 3.77. The summed E-state index contributed by atoms with van der Waals surface area (Å²) in [5, 5.41) is 9.28. The SMILES string of the molecule is CC1(C(=O)Nc2cccc(-c3nccs3)c2)CCCNC1. The molecule has 0 saturated carbocycles. The van der Waals surface area contributed by atoms with E-state index in [-0.39, 0.29) is 11.3 Å². The molecule has 0 radical (unpaired) electrons. The number of hydrogen-bond donors (Lipinski definition) is 2. The number of aromatic nitrogens is 1. The largest absolute Gasteiger partial charge is 0.326 e. The molecular weight excluding hydrogens is 282 g/mol. The summed E-state index contributed by atoms with van der Waals surface area (Å²) in [6.07, 6.45) is 3.76. The van der Waals surface area contributed by atoms with Crippen molar-refractivity contribution in [2.24, 2.45) is 5.41 Å². The predicted octanol–water partition coefficient (Wildman–Crippen LogP) is 3.14. The normalized spacial score (nSPS) is 22.0.